The summed E-state index contributed by atoms with van der Waals surface area (Å²) in [5.74, 6) is -0.190. The van der Waals surface area contributed by atoms with Crippen LogP contribution in [-0.2, 0) is 0 Å². The molecule has 5 heteroatoms. The fourth-order valence-corrected chi connectivity index (χ4v) is 1.60. The molecule has 1 N–H and O–H groups in total. The molecular formula is C10H10Cl2N2O. The zero-order valence-electron chi connectivity index (χ0n) is 8.18. The van der Waals surface area contributed by atoms with E-state index in [1.54, 1.807) is 6.07 Å². The van der Waals surface area contributed by atoms with E-state index in [9.17, 15) is 4.79 Å². The van der Waals surface area contributed by atoms with E-state index in [2.05, 4.69) is 10.3 Å². The first-order valence-electron chi connectivity index (χ1n) is 4.64. The second kappa shape index (κ2) is 3.65. The molecule has 0 aromatic carbocycles. The van der Waals surface area contributed by atoms with Crippen LogP contribution in [0.3, 0.4) is 0 Å². The topological polar surface area (TPSA) is 42.0 Å². The molecule has 1 aromatic heterocycles. The number of amides is 1. The molecule has 80 valence electrons. The van der Waals surface area contributed by atoms with Crippen LogP contribution in [0.15, 0.2) is 12.3 Å². The molecule has 0 radical (unpaired) electrons. The molecule has 2 rings (SSSR count). The summed E-state index contributed by atoms with van der Waals surface area (Å²) in [7, 11) is 0. The first-order chi connectivity index (χ1) is 7.02. The number of nitrogens with zero attached hydrogens (tertiary/aromatic N) is 1. The summed E-state index contributed by atoms with van der Waals surface area (Å²) >= 11 is 11.6. The van der Waals surface area contributed by atoms with Gasteiger partial charge in [0.15, 0.2) is 0 Å². The summed E-state index contributed by atoms with van der Waals surface area (Å²) in [6.07, 6.45) is 3.49. The highest BCUT2D eigenvalue weighted by molar-refractivity contribution is 6.43. The normalized spacial score (nSPS) is 17.3. The Labute approximate surface area is 97.8 Å². The lowest BCUT2D eigenvalue weighted by molar-refractivity contribution is 0.0935. The van der Waals surface area contributed by atoms with Gasteiger partial charge < -0.3 is 5.32 Å². The third kappa shape index (κ3) is 2.24. The maximum absolute atomic E-state index is 11.8. The van der Waals surface area contributed by atoms with Crippen molar-refractivity contribution in [3.8, 4) is 0 Å². The molecule has 15 heavy (non-hydrogen) atoms. The van der Waals surface area contributed by atoms with Gasteiger partial charge in [0, 0.05) is 11.7 Å². The molecule has 3 nitrogen and oxygen atoms in total. The van der Waals surface area contributed by atoms with Gasteiger partial charge in [-0.2, -0.15) is 0 Å². The second-order valence-corrected chi connectivity index (χ2v) is 4.71. The van der Waals surface area contributed by atoms with Gasteiger partial charge in [0.25, 0.3) is 5.91 Å². The Morgan fingerprint density at radius 3 is 2.80 bits per heavy atom. The molecule has 1 heterocycles. The Bertz CT molecular complexity index is 416. The fraction of sp³-hybridized carbons (Fsp3) is 0.400. The van der Waals surface area contributed by atoms with Crippen LogP contribution >= 0.6 is 23.2 Å². The van der Waals surface area contributed by atoms with E-state index >= 15 is 0 Å². The maximum Gasteiger partial charge on any atom is 0.253 e. The Kier molecular flexibility index (Phi) is 2.61. The standard InChI is InChI=1S/C10H10Cl2N2O/c1-10(3-4-10)14-9(15)6-2-5-13-8(12)7(6)11/h2,5H,3-4H2,1H3,(H,14,15). The van der Waals surface area contributed by atoms with Gasteiger partial charge in [-0.1, -0.05) is 23.2 Å². The van der Waals surface area contributed by atoms with Gasteiger partial charge in [-0.3, -0.25) is 4.79 Å². The van der Waals surface area contributed by atoms with Crippen molar-refractivity contribution in [1.29, 1.82) is 0 Å². The highest BCUT2D eigenvalue weighted by Gasteiger charge is 2.39. The summed E-state index contributed by atoms with van der Waals surface area (Å²) < 4.78 is 0. The second-order valence-electron chi connectivity index (χ2n) is 3.98. The quantitative estimate of drug-likeness (QED) is 0.814. The summed E-state index contributed by atoms with van der Waals surface area (Å²) in [4.78, 5) is 15.6. The number of hydrogen-bond acceptors (Lipinski definition) is 2. The number of carbonyl (C=O) groups is 1. The van der Waals surface area contributed by atoms with Gasteiger partial charge >= 0.3 is 0 Å². The van der Waals surface area contributed by atoms with E-state index in [0.717, 1.165) is 12.8 Å². The van der Waals surface area contributed by atoms with Crippen molar-refractivity contribution in [2.45, 2.75) is 25.3 Å². The summed E-state index contributed by atoms with van der Waals surface area (Å²) in [6, 6.07) is 1.56. The van der Waals surface area contributed by atoms with Crippen molar-refractivity contribution in [3.05, 3.63) is 28.0 Å². The van der Waals surface area contributed by atoms with Crippen LogP contribution in [0.1, 0.15) is 30.1 Å². The largest absolute Gasteiger partial charge is 0.347 e. The molecule has 0 unspecified atom stereocenters. The van der Waals surface area contributed by atoms with Gasteiger partial charge in [-0.25, -0.2) is 4.98 Å². The number of hydrogen-bond donors (Lipinski definition) is 1. The smallest absolute Gasteiger partial charge is 0.253 e. The Morgan fingerprint density at radius 2 is 2.20 bits per heavy atom. The molecule has 0 saturated heterocycles. The molecule has 1 aromatic rings. The molecule has 0 spiro atoms. The number of nitrogens with one attached hydrogen (secondary N) is 1. The summed E-state index contributed by atoms with van der Waals surface area (Å²) in [5.41, 5.74) is 0.320. The van der Waals surface area contributed by atoms with Crippen LogP contribution in [0.5, 0.6) is 0 Å². The third-order valence-corrected chi connectivity index (χ3v) is 3.27. The van der Waals surface area contributed by atoms with E-state index < -0.39 is 0 Å². The van der Waals surface area contributed by atoms with Gasteiger partial charge in [0.05, 0.1) is 10.6 Å². The third-order valence-electron chi connectivity index (χ3n) is 2.51. The Balaban J connectivity index is 2.21. The van der Waals surface area contributed by atoms with Crippen LogP contribution in [0.4, 0.5) is 0 Å². The SMILES string of the molecule is CC1(NC(=O)c2ccnc(Cl)c2Cl)CC1. The first-order valence-corrected chi connectivity index (χ1v) is 5.40. The number of aromatic nitrogens is 1. The minimum absolute atomic E-state index is 0.0594. The monoisotopic (exact) mass is 244 g/mol. The van der Waals surface area contributed by atoms with Crippen molar-refractivity contribution in [2.75, 3.05) is 0 Å². The number of pyridine rings is 1. The number of halogens is 2. The predicted octanol–water partition coefficient (Wildman–Crippen LogP) is 2.67. The van der Waals surface area contributed by atoms with Gasteiger partial charge in [-0.05, 0) is 25.8 Å². The number of rotatable bonds is 2. The highest BCUT2D eigenvalue weighted by Crippen LogP contribution is 2.35. The lowest BCUT2D eigenvalue weighted by atomic mass is 10.2. The molecule has 0 aliphatic heterocycles. The van der Waals surface area contributed by atoms with Crippen molar-refractivity contribution < 1.29 is 4.79 Å². The van der Waals surface area contributed by atoms with E-state index in [1.165, 1.54) is 6.20 Å². The average Bonchev–Trinajstić information content (AvgIpc) is 2.88. The molecular weight excluding hydrogens is 235 g/mol. The van der Waals surface area contributed by atoms with Crippen molar-refractivity contribution in [3.63, 3.8) is 0 Å². The Morgan fingerprint density at radius 1 is 1.53 bits per heavy atom. The molecule has 1 saturated carbocycles. The van der Waals surface area contributed by atoms with E-state index in [0.29, 0.717) is 5.56 Å². The molecule has 1 amide bonds. The van der Waals surface area contributed by atoms with Crippen molar-refractivity contribution >= 4 is 29.1 Å². The van der Waals surface area contributed by atoms with Gasteiger partial charge in [0.2, 0.25) is 0 Å². The van der Waals surface area contributed by atoms with Crippen LogP contribution in [0.2, 0.25) is 10.2 Å². The molecule has 1 aliphatic carbocycles. The minimum Gasteiger partial charge on any atom is -0.347 e. The Hall–Kier alpha value is -0.800. The van der Waals surface area contributed by atoms with Crippen LogP contribution in [0.25, 0.3) is 0 Å². The predicted molar refractivity (Wildman–Crippen MR) is 59.4 cm³/mol. The maximum atomic E-state index is 11.8. The lowest BCUT2D eigenvalue weighted by Gasteiger charge is -2.12. The van der Waals surface area contributed by atoms with E-state index in [1.807, 2.05) is 6.92 Å². The van der Waals surface area contributed by atoms with Crippen LogP contribution in [0, 0.1) is 0 Å². The van der Waals surface area contributed by atoms with Crippen LogP contribution < -0.4 is 5.32 Å². The zero-order valence-corrected chi connectivity index (χ0v) is 9.69. The van der Waals surface area contributed by atoms with Gasteiger partial charge in [-0.15, -0.1) is 0 Å². The highest BCUT2D eigenvalue weighted by atomic mass is 35.5. The van der Waals surface area contributed by atoms with Crippen molar-refractivity contribution in [2.24, 2.45) is 0 Å². The lowest BCUT2D eigenvalue weighted by Crippen LogP contribution is -2.34. The first kappa shape index (κ1) is 10.7. The summed E-state index contributed by atoms with van der Waals surface area (Å²) in [6.45, 7) is 2.00. The summed E-state index contributed by atoms with van der Waals surface area (Å²) in [5, 5.41) is 3.27. The van der Waals surface area contributed by atoms with Crippen LogP contribution in [-0.4, -0.2) is 16.4 Å². The van der Waals surface area contributed by atoms with E-state index in [-0.39, 0.29) is 21.6 Å². The van der Waals surface area contributed by atoms with Crippen molar-refractivity contribution in [1.82, 2.24) is 10.3 Å². The molecule has 1 aliphatic rings. The minimum atomic E-state index is -0.190. The fourth-order valence-electron chi connectivity index (χ4n) is 1.25. The number of carbonyl (C=O) groups excluding carboxylic acids is 1. The zero-order chi connectivity index (χ0) is 11.1. The van der Waals surface area contributed by atoms with E-state index in [4.69, 9.17) is 23.2 Å². The molecule has 0 bridgehead atoms. The molecule has 0 atom stereocenters. The molecule has 1 fully saturated rings. The average molecular weight is 245 g/mol. The van der Waals surface area contributed by atoms with Gasteiger partial charge in [0.1, 0.15) is 5.15 Å².